The molecule has 0 aliphatic rings. The summed E-state index contributed by atoms with van der Waals surface area (Å²) in [4.78, 5) is 0. The van der Waals surface area contributed by atoms with Gasteiger partial charge in [-0.2, -0.15) is 5.26 Å². The molecule has 0 saturated carbocycles. The highest BCUT2D eigenvalue weighted by Gasteiger charge is 1.98. The number of aryl methyl sites for hydroxylation is 1. The molecular weight excluding hydrogens is 276 g/mol. The molecule has 2 aromatic rings. The molecule has 17 heavy (non-hydrogen) atoms. The molecule has 0 aliphatic heterocycles. The van der Waals surface area contributed by atoms with Crippen LogP contribution in [0.15, 0.2) is 46.9 Å². The highest BCUT2D eigenvalue weighted by Crippen LogP contribution is 2.22. The quantitative estimate of drug-likeness (QED) is 0.890. The molecule has 0 unspecified atom stereocenters. The maximum atomic E-state index is 8.71. The number of benzene rings is 2. The SMILES string of the molecule is Cc1cc(Br)cc(Nc2ccc(C#N)cc2)c1. The Kier molecular flexibility index (Phi) is 3.46. The molecule has 0 spiro atoms. The van der Waals surface area contributed by atoms with E-state index in [0.717, 1.165) is 15.8 Å². The summed E-state index contributed by atoms with van der Waals surface area (Å²) >= 11 is 3.47. The molecule has 0 heterocycles. The van der Waals surface area contributed by atoms with Crippen LogP contribution in [0.4, 0.5) is 11.4 Å². The number of hydrogen-bond acceptors (Lipinski definition) is 2. The molecule has 84 valence electrons. The van der Waals surface area contributed by atoms with Gasteiger partial charge in [0.1, 0.15) is 0 Å². The summed E-state index contributed by atoms with van der Waals surface area (Å²) in [6.45, 7) is 2.05. The Balaban J connectivity index is 2.22. The normalized spacial score (nSPS) is 9.71. The van der Waals surface area contributed by atoms with Gasteiger partial charge >= 0.3 is 0 Å². The first-order chi connectivity index (χ1) is 8.17. The van der Waals surface area contributed by atoms with Crippen LogP contribution >= 0.6 is 15.9 Å². The Morgan fingerprint density at radius 3 is 2.35 bits per heavy atom. The van der Waals surface area contributed by atoms with Crippen molar-refractivity contribution in [2.45, 2.75) is 6.92 Å². The summed E-state index contributed by atoms with van der Waals surface area (Å²) in [5.74, 6) is 0. The molecule has 2 rings (SSSR count). The van der Waals surface area contributed by atoms with Gasteiger partial charge in [0.05, 0.1) is 11.6 Å². The predicted octanol–water partition coefficient (Wildman–Crippen LogP) is 4.37. The van der Waals surface area contributed by atoms with E-state index in [2.05, 4.69) is 46.4 Å². The van der Waals surface area contributed by atoms with Gasteiger partial charge in [-0.3, -0.25) is 0 Å². The maximum absolute atomic E-state index is 8.71. The molecule has 0 radical (unpaired) electrons. The van der Waals surface area contributed by atoms with Gasteiger partial charge in [0, 0.05) is 15.8 Å². The smallest absolute Gasteiger partial charge is 0.0991 e. The zero-order valence-corrected chi connectivity index (χ0v) is 11.0. The van der Waals surface area contributed by atoms with Gasteiger partial charge in [0.25, 0.3) is 0 Å². The van der Waals surface area contributed by atoms with Crippen LogP contribution in [0.1, 0.15) is 11.1 Å². The van der Waals surface area contributed by atoms with Crippen LogP contribution < -0.4 is 5.32 Å². The lowest BCUT2D eigenvalue weighted by Crippen LogP contribution is -1.91. The highest BCUT2D eigenvalue weighted by molar-refractivity contribution is 9.10. The molecule has 0 atom stereocenters. The summed E-state index contributed by atoms with van der Waals surface area (Å²) in [5.41, 5.74) is 3.86. The number of anilines is 2. The molecule has 0 aliphatic carbocycles. The third-order valence-electron chi connectivity index (χ3n) is 2.34. The lowest BCUT2D eigenvalue weighted by atomic mass is 10.2. The van der Waals surface area contributed by atoms with E-state index < -0.39 is 0 Å². The van der Waals surface area contributed by atoms with Gasteiger partial charge in [0.15, 0.2) is 0 Å². The second-order valence-corrected chi connectivity index (χ2v) is 4.75. The van der Waals surface area contributed by atoms with E-state index in [4.69, 9.17) is 5.26 Å². The minimum Gasteiger partial charge on any atom is -0.355 e. The maximum Gasteiger partial charge on any atom is 0.0991 e. The van der Waals surface area contributed by atoms with Gasteiger partial charge in [0.2, 0.25) is 0 Å². The third kappa shape index (κ3) is 3.08. The van der Waals surface area contributed by atoms with Gasteiger partial charge in [-0.05, 0) is 55.0 Å². The number of nitrogens with one attached hydrogen (secondary N) is 1. The van der Waals surface area contributed by atoms with Gasteiger partial charge in [-0.1, -0.05) is 15.9 Å². The summed E-state index contributed by atoms with van der Waals surface area (Å²) in [5, 5.41) is 12.0. The van der Waals surface area contributed by atoms with E-state index in [9.17, 15) is 0 Å². The molecular formula is C14H11BrN2. The van der Waals surface area contributed by atoms with Crippen molar-refractivity contribution in [1.29, 1.82) is 5.26 Å². The van der Waals surface area contributed by atoms with Crippen LogP contribution in [0.5, 0.6) is 0 Å². The fraction of sp³-hybridized carbons (Fsp3) is 0.0714. The van der Waals surface area contributed by atoms with Crippen LogP contribution in [0.3, 0.4) is 0 Å². The van der Waals surface area contributed by atoms with E-state index in [0.29, 0.717) is 5.56 Å². The number of hydrogen-bond donors (Lipinski definition) is 1. The van der Waals surface area contributed by atoms with E-state index in [-0.39, 0.29) is 0 Å². The molecule has 0 fully saturated rings. The fourth-order valence-corrected chi connectivity index (χ4v) is 2.21. The molecule has 3 heteroatoms. The highest BCUT2D eigenvalue weighted by atomic mass is 79.9. The third-order valence-corrected chi connectivity index (χ3v) is 2.80. The Morgan fingerprint density at radius 2 is 1.76 bits per heavy atom. The number of halogens is 1. The predicted molar refractivity (Wildman–Crippen MR) is 73.3 cm³/mol. The van der Waals surface area contributed by atoms with Crippen LogP contribution in [-0.2, 0) is 0 Å². The lowest BCUT2D eigenvalue weighted by molar-refractivity contribution is 1.43. The zero-order valence-electron chi connectivity index (χ0n) is 9.37. The van der Waals surface area contributed by atoms with Crippen LogP contribution in [0, 0.1) is 18.3 Å². The minimum atomic E-state index is 0.668. The van der Waals surface area contributed by atoms with Crippen LogP contribution in [-0.4, -0.2) is 0 Å². The largest absolute Gasteiger partial charge is 0.355 e. The van der Waals surface area contributed by atoms with Crippen LogP contribution in [0.2, 0.25) is 0 Å². The molecule has 1 N–H and O–H groups in total. The van der Waals surface area contributed by atoms with E-state index in [1.807, 2.05) is 18.2 Å². The van der Waals surface area contributed by atoms with Crippen LogP contribution in [0.25, 0.3) is 0 Å². The van der Waals surface area contributed by atoms with Crippen molar-refractivity contribution in [3.05, 3.63) is 58.1 Å². The summed E-state index contributed by atoms with van der Waals surface area (Å²) in [6.07, 6.45) is 0. The molecule has 2 nitrogen and oxygen atoms in total. The van der Waals surface area contributed by atoms with Gasteiger partial charge in [-0.15, -0.1) is 0 Å². The molecule has 0 bridgehead atoms. The minimum absolute atomic E-state index is 0.668. The first-order valence-electron chi connectivity index (χ1n) is 5.22. The summed E-state index contributed by atoms with van der Waals surface area (Å²) in [6, 6.07) is 15.6. The van der Waals surface area contributed by atoms with Crippen molar-refractivity contribution in [3.8, 4) is 6.07 Å². The average molecular weight is 287 g/mol. The average Bonchev–Trinajstić information content (AvgIpc) is 2.28. The topological polar surface area (TPSA) is 35.8 Å². The van der Waals surface area contributed by atoms with Crippen molar-refractivity contribution in [3.63, 3.8) is 0 Å². The Labute approximate surface area is 109 Å². The number of rotatable bonds is 2. The van der Waals surface area contributed by atoms with E-state index >= 15 is 0 Å². The Hall–Kier alpha value is -1.79. The monoisotopic (exact) mass is 286 g/mol. The summed E-state index contributed by atoms with van der Waals surface area (Å²) in [7, 11) is 0. The molecule has 0 aromatic heterocycles. The molecule has 2 aromatic carbocycles. The summed E-state index contributed by atoms with van der Waals surface area (Å²) < 4.78 is 1.05. The van der Waals surface area contributed by atoms with Crippen molar-refractivity contribution in [2.24, 2.45) is 0 Å². The Morgan fingerprint density at radius 1 is 1.06 bits per heavy atom. The van der Waals surface area contributed by atoms with E-state index in [1.54, 1.807) is 12.1 Å². The standard InChI is InChI=1S/C14H11BrN2/c1-10-6-12(15)8-14(7-10)17-13-4-2-11(9-16)3-5-13/h2-8,17H,1H3. The van der Waals surface area contributed by atoms with Gasteiger partial charge < -0.3 is 5.32 Å². The van der Waals surface area contributed by atoms with Crippen molar-refractivity contribution >= 4 is 27.3 Å². The first-order valence-corrected chi connectivity index (χ1v) is 6.01. The van der Waals surface area contributed by atoms with E-state index in [1.165, 1.54) is 5.56 Å². The lowest BCUT2D eigenvalue weighted by Gasteiger charge is -2.08. The zero-order chi connectivity index (χ0) is 12.3. The molecule has 0 amide bonds. The first kappa shape index (κ1) is 11.7. The Bertz CT molecular complexity index is 548. The van der Waals surface area contributed by atoms with Crippen molar-refractivity contribution in [1.82, 2.24) is 0 Å². The number of nitrogens with zero attached hydrogens (tertiary/aromatic N) is 1. The van der Waals surface area contributed by atoms with Crippen molar-refractivity contribution < 1.29 is 0 Å². The van der Waals surface area contributed by atoms with Gasteiger partial charge in [-0.25, -0.2) is 0 Å². The van der Waals surface area contributed by atoms with Crippen molar-refractivity contribution in [2.75, 3.05) is 5.32 Å². The number of nitriles is 1. The molecule has 0 saturated heterocycles. The fourth-order valence-electron chi connectivity index (χ4n) is 1.60. The second-order valence-electron chi connectivity index (χ2n) is 3.83. The second kappa shape index (κ2) is 5.03.